The molecule has 0 bridgehead atoms. The number of rotatable bonds is 6. The molecule has 0 saturated carbocycles. The fraction of sp³-hybridized carbons (Fsp3) is 0.375. The summed E-state index contributed by atoms with van der Waals surface area (Å²) in [6, 6.07) is 7.75. The van der Waals surface area contributed by atoms with Crippen molar-refractivity contribution in [2.45, 2.75) is 20.4 Å². The Morgan fingerprint density at radius 2 is 1.91 bits per heavy atom. The minimum atomic E-state index is -0.0226. The van der Waals surface area contributed by atoms with E-state index in [1.54, 1.807) is 13.1 Å². The molecule has 1 amide bonds. The number of anilines is 1. The first kappa shape index (κ1) is 20.4. The first-order chi connectivity index (χ1) is 10.1. The number of amides is 1. The Morgan fingerprint density at radius 1 is 1.27 bits per heavy atom. The number of aliphatic imine (C=N–C) groups is 1. The van der Waals surface area contributed by atoms with Gasteiger partial charge in [0.25, 0.3) is 0 Å². The molecule has 0 fully saturated rings. The van der Waals surface area contributed by atoms with Crippen LogP contribution in [-0.4, -0.2) is 25.5 Å². The molecule has 1 aromatic carbocycles. The Labute approximate surface area is 149 Å². The van der Waals surface area contributed by atoms with E-state index < -0.39 is 0 Å². The molecule has 0 spiro atoms. The van der Waals surface area contributed by atoms with Crippen molar-refractivity contribution in [1.82, 2.24) is 10.6 Å². The van der Waals surface area contributed by atoms with Gasteiger partial charge in [-0.3, -0.25) is 9.79 Å². The lowest BCUT2D eigenvalue weighted by Crippen LogP contribution is -2.36. The van der Waals surface area contributed by atoms with E-state index in [0.29, 0.717) is 13.1 Å². The van der Waals surface area contributed by atoms with Crippen LogP contribution in [0.15, 0.2) is 41.9 Å². The number of benzene rings is 1. The molecule has 0 aliphatic carbocycles. The van der Waals surface area contributed by atoms with Crippen LogP contribution in [0, 0.1) is 5.92 Å². The van der Waals surface area contributed by atoms with Crippen LogP contribution in [0.25, 0.3) is 0 Å². The van der Waals surface area contributed by atoms with Crippen molar-refractivity contribution in [2.24, 2.45) is 10.9 Å². The average molecular weight is 416 g/mol. The monoisotopic (exact) mass is 416 g/mol. The van der Waals surface area contributed by atoms with E-state index in [9.17, 15) is 4.79 Å². The Morgan fingerprint density at radius 3 is 2.41 bits per heavy atom. The third-order valence-electron chi connectivity index (χ3n) is 2.84. The van der Waals surface area contributed by atoms with Crippen LogP contribution in [0.2, 0.25) is 0 Å². The van der Waals surface area contributed by atoms with E-state index in [0.717, 1.165) is 17.2 Å². The van der Waals surface area contributed by atoms with Gasteiger partial charge in [-0.2, -0.15) is 0 Å². The van der Waals surface area contributed by atoms with Gasteiger partial charge in [0.2, 0.25) is 5.91 Å². The zero-order chi connectivity index (χ0) is 15.7. The maximum absolute atomic E-state index is 11.6. The number of guanidine groups is 1. The largest absolute Gasteiger partial charge is 0.353 e. The molecule has 0 unspecified atom stereocenters. The number of carbonyl (C=O) groups is 1. The Balaban J connectivity index is 0.00000441. The number of carbonyl (C=O) groups excluding carboxylic acids is 1. The van der Waals surface area contributed by atoms with E-state index in [1.165, 1.54) is 0 Å². The first-order valence-electron chi connectivity index (χ1n) is 7.02. The maximum Gasteiger partial charge on any atom is 0.226 e. The highest BCUT2D eigenvalue weighted by molar-refractivity contribution is 14.0. The first-order valence-corrected chi connectivity index (χ1v) is 7.02. The predicted octanol–water partition coefficient (Wildman–Crippen LogP) is 2.75. The highest BCUT2D eigenvalue weighted by Gasteiger charge is 2.06. The number of nitrogens with zero attached hydrogens (tertiary/aromatic N) is 1. The molecule has 3 N–H and O–H groups in total. The van der Waals surface area contributed by atoms with E-state index in [2.05, 4.69) is 27.5 Å². The summed E-state index contributed by atoms with van der Waals surface area (Å²) in [6.07, 6.45) is 1.78. The Kier molecular flexibility index (Phi) is 10.3. The summed E-state index contributed by atoms with van der Waals surface area (Å²) in [5.41, 5.74) is 1.92. The lowest BCUT2D eigenvalue weighted by molar-refractivity contribution is -0.118. The van der Waals surface area contributed by atoms with Crippen LogP contribution in [0.5, 0.6) is 0 Å². The smallest absolute Gasteiger partial charge is 0.226 e. The molecule has 0 aromatic heterocycles. The number of halogens is 1. The van der Waals surface area contributed by atoms with Crippen LogP contribution < -0.4 is 16.0 Å². The van der Waals surface area contributed by atoms with Crippen molar-refractivity contribution in [1.29, 1.82) is 0 Å². The van der Waals surface area contributed by atoms with Crippen molar-refractivity contribution in [3.05, 3.63) is 42.5 Å². The lowest BCUT2D eigenvalue weighted by Gasteiger charge is -2.11. The fourth-order valence-corrected chi connectivity index (χ4v) is 1.57. The van der Waals surface area contributed by atoms with Crippen molar-refractivity contribution in [3.8, 4) is 0 Å². The summed E-state index contributed by atoms with van der Waals surface area (Å²) in [7, 11) is 1.73. The normalized spacial score (nSPS) is 10.6. The second kappa shape index (κ2) is 11.1. The molecular weight excluding hydrogens is 391 g/mol. The van der Waals surface area contributed by atoms with Crippen molar-refractivity contribution in [2.75, 3.05) is 18.9 Å². The molecule has 1 rings (SSSR count). The number of nitrogens with one attached hydrogen (secondary N) is 3. The quantitative estimate of drug-likeness (QED) is 0.289. The highest BCUT2D eigenvalue weighted by atomic mass is 127. The van der Waals surface area contributed by atoms with Crippen LogP contribution in [0.4, 0.5) is 5.69 Å². The summed E-state index contributed by atoms with van der Waals surface area (Å²) in [4.78, 5) is 15.7. The lowest BCUT2D eigenvalue weighted by atomic mass is 10.1. The summed E-state index contributed by atoms with van der Waals surface area (Å²) in [5.74, 6) is 0.729. The van der Waals surface area contributed by atoms with Gasteiger partial charge in [0.15, 0.2) is 5.96 Å². The van der Waals surface area contributed by atoms with E-state index in [4.69, 9.17) is 0 Å². The molecule has 5 nitrogen and oxygen atoms in total. The van der Waals surface area contributed by atoms with Gasteiger partial charge in [-0.1, -0.05) is 32.1 Å². The summed E-state index contributed by atoms with van der Waals surface area (Å²) in [5, 5.41) is 9.17. The van der Waals surface area contributed by atoms with Crippen LogP contribution in [-0.2, 0) is 11.3 Å². The number of hydrogen-bond acceptors (Lipinski definition) is 2. The van der Waals surface area contributed by atoms with Crippen LogP contribution in [0.1, 0.15) is 19.4 Å². The topological polar surface area (TPSA) is 65.5 Å². The second-order valence-electron chi connectivity index (χ2n) is 4.94. The SMILES string of the molecule is C=CCNC(=NC)NCc1ccc(NC(=O)C(C)C)cc1.I. The van der Waals surface area contributed by atoms with Gasteiger partial charge in [0.1, 0.15) is 0 Å². The van der Waals surface area contributed by atoms with Crippen molar-refractivity contribution in [3.63, 3.8) is 0 Å². The highest BCUT2D eigenvalue weighted by Crippen LogP contribution is 2.10. The van der Waals surface area contributed by atoms with E-state index in [1.807, 2.05) is 38.1 Å². The molecule has 0 saturated heterocycles. The summed E-state index contributed by atoms with van der Waals surface area (Å²) < 4.78 is 0. The minimum Gasteiger partial charge on any atom is -0.353 e. The Hall–Kier alpha value is -1.57. The standard InChI is InChI=1S/C16H24N4O.HI/c1-5-10-18-16(17-4)19-11-13-6-8-14(9-7-13)20-15(21)12(2)3;/h5-9,12H,1,10-11H2,2-4H3,(H,20,21)(H2,17,18,19);1H. The maximum atomic E-state index is 11.6. The van der Waals surface area contributed by atoms with E-state index in [-0.39, 0.29) is 35.8 Å². The average Bonchev–Trinajstić information content (AvgIpc) is 2.49. The molecule has 0 radical (unpaired) electrons. The molecule has 122 valence electrons. The zero-order valence-electron chi connectivity index (χ0n) is 13.3. The molecule has 1 aromatic rings. The van der Waals surface area contributed by atoms with E-state index >= 15 is 0 Å². The van der Waals surface area contributed by atoms with Gasteiger partial charge in [-0.25, -0.2) is 0 Å². The second-order valence-corrected chi connectivity index (χ2v) is 4.94. The third-order valence-corrected chi connectivity index (χ3v) is 2.84. The van der Waals surface area contributed by atoms with Gasteiger partial charge < -0.3 is 16.0 Å². The van der Waals surface area contributed by atoms with Crippen molar-refractivity contribution >= 4 is 41.5 Å². The van der Waals surface area contributed by atoms with Crippen molar-refractivity contribution < 1.29 is 4.79 Å². The van der Waals surface area contributed by atoms with Gasteiger partial charge >= 0.3 is 0 Å². The van der Waals surface area contributed by atoms with Crippen LogP contribution >= 0.6 is 24.0 Å². The van der Waals surface area contributed by atoms with Gasteiger partial charge in [-0.15, -0.1) is 30.6 Å². The molecular formula is C16H25IN4O. The third kappa shape index (κ3) is 7.44. The van der Waals surface area contributed by atoms with Gasteiger partial charge in [0.05, 0.1) is 0 Å². The summed E-state index contributed by atoms with van der Waals surface area (Å²) >= 11 is 0. The molecule has 0 atom stereocenters. The summed E-state index contributed by atoms with van der Waals surface area (Å²) in [6.45, 7) is 8.72. The van der Waals surface area contributed by atoms with Gasteiger partial charge in [0, 0.05) is 31.7 Å². The molecule has 6 heteroatoms. The minimum absolute atomic E-state index is 0. The zero-order valence-corrected chi connectivity index (χ0v) is 15.7. The molecule has 22 heavy (non-hydrogen) atoms. The number of hydrogen-bond donors (Lipinski definition) is 3. The molecule has 0 heterocycles. The predicted molar refractivity (Wildman–Crippen MR) is 104 cm³/mol. The molecule has 0 aliphatic rings. The fourth-order valence-electron chi connectivity index (χ4n) is 1.57. The Bertz CT molecular complexity index is 497. The van der Waals surface area contributed by atoms with Crippen LogP contribution in [0.3, 0.4) is 0 Å². The van der Waals surface area contributed by atoms with Gasteiger partial charge in [-0.05, 0) is 17.7 Å². The molecule has 0 aliphatic heterocycles.